The Balaban J connectivity index is 1.76. The normalized spacial score (nSPS) is 20.5. The maximum absolute atomic E-state index is 15.6. The summed E-state index contributed by atoms with van der Waals surface area (Å²) >= 11 is 10.9. The van der Waals surface area contributed by atoms with Gasteiger partial charge in [-0.3, -0.25) is 10.2 Å². The summed E-state index contributed by atoms with van der Waals surface area (Å²) in [5.41, 5.74) is -0.413. The molecule has 1 unspecified atom stereocenters. The van der Waals surface area contributed by atoms with Gasteiger partial charge in [-0.1, -0.05) is 42.4 Å². The van der Waals surface area contributed by atoms with Crippen LogP contribution < -0.4 is 0 Å². The molecule has 1 aliphatic carbocycles. The molecular weight excluding hydrogens is 499 g/mol. The molecule has 35 heavy (non-hydrogen) atoms. The Labute approximate surface area is 210 Å². The molecule has 2 N–H and O–H groups in total. The van der Waals surface area contributed by atoms with Gasteiger partial charge in [0.1, 0.15) is 17.5 Å². The summed E-state index contributed by atoms with van der Waals surface area (Å²) in [6.07, 6.45) is -0.456. The molecule has 1 amide bonds. The quantitative estimate of drug-likeness (QED) is 0.370. The van der Waals surface area contributed by atoms with E-state index in [1.807, 2.05) is 0 Å². The van der Waals surface area contributed by atoms with Gasteiger partial charge in [-0.15, -0.1) is 12.6 Å². The summed E-state index contributed by atoms with van der Waals surface area (Å²) in [6.45, 7) is 3.25. The molecule has 4 rings (SSSR count). The summed E-state index contributed by atoms with van der Waals surface area (Å²) in [5.74, 6) is -1.53. The summed E-state index contributed by atoms with van der Waals surface area (Å²) < 4.78 is 43.4. The molecule has 1 saturated heterocycles. The second kappa shape index (κ2) is 9.83. The minimum atomic E-state index is -2.83. The molecule has 0 aromatic heterocycles. The number of halogens is 4. The van der Waals surface area contributed by atoms with Crippen molar-refractivity contribution in [2.45, 2.75) is 12.5 Å². The lowest BCUT2D eigenvalue weighted by molar-refractivity contribution is -0.130. The molecule has 1 fully saturated rings. The number of carbonyl (C=O) groups excluding carboxylic acids is 1. The number of nitrogens with one attached hydrogen (secondary N) is 1. The smallest absolute Gasteiger partial charge is 0.260 e. The SMILES string of the molecule is C=CC(=O)N1CCN(/C(S)=C2\C=C(Cl)C(c3cc(O)cc4ccccc34)=C(F)C2=N)C(C(F)F)C1. The van der Waals surface area contributed by atoms with Crippen molar-refractivity contribution in [3.8, 4) is 5.75 Å². The van der Waals surface area contributed by atoms with Crippen molar-refractivity contribution in [1.82, 2.24) is 9.80 Å². The second-order valence-electron chi connectivity index (χ2n) is 8.09. The lowest BCUT2D eigenvalue weighted by Crippen LogP contribution is -2.56. The van der Waals surface area contributed by atoms with Crippen molar-refractivity contribution in [2.75, 3.05) is 19.6 Å². The van der Waals surface area contributed by atoms with Crippen LogP contribution in [0, 0.1) is 5.41 Å². The molecule has 0 saturated carbocycles. The van der Waals surface area contributed by atoms with Crippen LogP contribution in [-0.2, 0) is 4.79 Å². The number of allylic oxidation sites excluding steroid dienone is 5. The van der Waals surface area contributed by atoms with E-state index in [0.29, 0.717) is 16.3 Å². The highest BCUT2D eigenvalue weighted by Crippen LogP contribution is 2.42. The molecule has 2 aromatic rings. The van der Waals surface area contributed by atoms with Gasteiger partial charge < -0.3 is 14.9 Å². The number of thiol groups is 1. The largest absolute Gasteiger partial charge is 0.508 e. The van der Waals surface area contributed by atoms with Crippen LogP contribution in [0.1, 0.15) is 5.56 Å². The summed E-state index contributed by atoms with van der Waals surface area (Å²) in [7, 11) is 0. The zero-order chi connectivity index (χ0) is 25.4. The monoisotopic (exact) mass is 519 g/mol. The number of piperazine rings is 1. The fourth-order valence-electron chi connectivity index (χ4n) is 4.32. The van der Waals surface area contributed by atoms with E-state index in [-0.39, 0.29) is 46.6 Å². The van der Waals surface area contributed by atoms with Gasteiger partial charge in [0, 0.05) is 30.8 Å². The first-order valence-corrected chi connectivity index (χ1v) is 11.4. The maximum Gasteiger partial charge on any atom is 0.260 e. The minimum Gasteiger partial charge on any atom is -0.508 e. The fourth-order valence-corrected chi connectivity index (χ4v) is 5.04. The van der Waals surface area contributed by atoms with E-state index in [1.54, 1.807) is 24.3 Å². The lowest BCUT2D eigenvalue weighted by Gasteiger charge is -2.42. The molecule has 0 radical (unpaired) electrons. The predicted octanol–water partition coefficient (Wildman–Crippen LogP) is 5.49. The van der Waals surface area contributed by atoms with Crippen LogP contribution >= 0.6 is 24.2 Å². The number of aromatic hydroxyl groups is 1. The summed E-state index contributed by atoms with van der Waals surface area (Å²) in [4.78, 5) is 14.4. The molecule has 0 spiro atoms. The Hall–Kier alpha value is -3.17. The number of nitrogens with zero attached hydrogens (tertiary/aromatic N) is 2. The first kappa shape index (κ1) is 24.9. The molecule has 5 nitrogen and oxygen atoms in total. The molecule has 1 atom stereocenters. The van der Waals surface area contributed by atoms with Crippen molar-refractivity contribution in [1.29, 1.82) is 5.41 Å². The fraction of sp³-hybridized carbons (Fsp3) is 0.200. The third kappa shape index (κ3) is 4.58. The van der Waals surface area contributed by atoms with E-state index < -0.39 is 29.9 Å². The lowest BCUT2D eigenvalue weighted by atomic mass is 9.90. The Morgan fingerprint density at radius 3 is 2.69 bits per heavy atom. The van der Waals surface area contributed by atoms with Crippen LogP contribution in [0.15, 0.2) is 76.6 Å². The van der Waals surface area contributed by atoms with Crippen LogP contribution in [0.2, 0.25) is 0 Å². The minimum absolute atomic E-state index is 0.00500. The first-order chi connectivity index (χ1) is 16.6. The Kier molecular flexibility index (Phi) is 7.00. The molecule has 1 heterocycles. The topological polar surface area (TPSA) is 67.6 Å². The Morgan fingerprint density at radius 1 is 1.29 bits per heavy atom. The molecule has 2 aliphatic rings. The van der Waals surface area contributed by atoms with E-state index in [1.165, 1.54) is 28.0 Å². The van der Waals surface area contributed by atoms with Crippen LogP contribution in [0.5, 0.6) is 5.75 Å². The molecule has 2 aromatic carbocycles. The Bertz CT molecular complexity index is 1340. The number of hydrogen-bond acceptors (Lipinski definition) is 5. The van der Waals surface area contributed by atoms with Crippen LogP contribution in [0.25, 0.3) is 16.3 Å². The average Bonchev–Trinajstić information content (AvgIpc) is 2.84. The van der Waals surface area contributed by atoms with Gasteiger partial charge in [-0.25, -0.2) is 13.2 Å². The van der Waals surface area contributed by atoms with Crippen molar-refractivity contribution in [2.24, 2.45) is 0 Å². The summed E-state index contributed by atoms with van der Waals surface area (Å²) in [6, 6.07) is 8.50. The van der Waals surface area contributed by atoms with E-state index in [4.69, 9.17) is 17.0 Å². The van der Waals surface area contributed by atoms with Crippen molar-refractivity contribution in [3.63, 3.8) is 0 Å². The van der Waals surface area contributed by atoms with E-state index in [9.17, 15) is 18.7 Å². The standard InChI is InChI=1S/C25H21ClF3N3O2S/c1-2-20(34)31-7-8-32(19(12-31)24(28)29)25(35)17-11-18(26)21(22(27)23(17)30)16-10-14(33)9-13-5-3-4-6-15(13)16/h2-6,9-11,19,24,30,33,35H,1,7-8,12H2/b25-17-,30-23?. The summed E-state index contributed by atoms with van der Waals surface area (Å²) in [5, 5.41) is 19.8. The van der Waals surface area contributed by atoms with E-state index in [2.05, 4.69) is 19.2 Å². The molecule has 182 valence electrons. The van der Waals surface area contributed by atoms with Crippen LogP contribution in [0.4, 0.5) is 13.2 Å². The third-order valence-electron chi connectivity index (χ3n) is 6.04. The molecule has 10 heteroatoms. The molecule has 0 bridgehead atoms. The van der Waals surface area contributed by atoms with Gasteiger partial charge in [-0.05, 0) is 40.6 Å². The average molecular weight is 520 g/mol. The van der Waals surface area contributed by atoms with Crippen LogP contribution in [-0.4, -0.2) is 58.6 Å². The van der Waals surface area contributed by atoms with Crippen molar-refractivity contribution in [3.05, 3.63) is 82.2 Å². The number of carbonyl (C=O) groups is 1. The third-order valence-corrected chi connectivity index (χ3v) is 6.84. The predicted molar refractivity (Wildman–Crippen MR) is 135 cm³/mol. The number of alkyl halides is 2. The highest BCUT2D eigenvalue weighted by molar-refractivity contribution is 7.84. The van der Waals surface area contributed by atoms with Gasteiger partial charge in [0.2, 0.25) is 5.91 Å². The first-order valence-electron chi connectivity index (χ1n) is 10.6. The van der Waals surface area contributed by atoms with Gasteiger partial charge in [0.25, 0.3) is 6.43 Å². The number of amides is 1. The van der Waals surface area contributed by atoms with Gasteiger partial charge >= 0.3 is 0 Å². The number of benzene rings is 2. The number of fused-ring (bicyclic) bond motifs is 1. The van der Waals surface area contributed by atoms with Gasteiger partial charge in [0.05, 0.1) is 10.1 Å². The van der Waals surface area contributed by atoms with Gasteiger partial charge in [0.15, 0.2) is 5.83 Å². The molecule has 1 aliphatic heterocycles. The van der Waals surface area contributed by atoms with Crippen molar-refractivity contribution < 1.29 is 23.1 Å². The number of rotatable bonds is 4. The second-order valence-corrected chi connectivity index (χ2v) is 8.92. The maximum atomic E-state index is 15.6. The zero-order valence-electron chi connectivity index (χ0n) is 18.3. The number of hydrogen-bond donors (Lipinski definition) is 3. The molecular formula is C25H21ClF3N3O2S. The highest BCUT2D eigenvalue weighted by atomic mass is 35.5. The number of phenols is 1. The van der Waals surface area contributed by atoms with Gasteiger partial charge in [-0.2, -0.15) is 0 Å². The Morgan fingerprint density at radius 2 is 2.00 bits per heavy atom. The van der Waals surface area contributed by atoms with Crippen LogP contribution in [0.3, 0.4) is 0 Å². The van der Waals surface area contributed by atoms with E-state index in [0.717, 1.165) is 6.08 Å². The number of phenolic OH excluding ortho intramolecular Hbond substituents is 1. The van der Waals surface area contributed by atoms with Crippen molar-refractivity contribution >= 4 is 52.2 Å². The van der Waals surface area contributed by atoms with E-state index >= 15 is 4.39 Å². The zero-order valence-corrected chi connectivity index (χ0v) is 20.0. The highest BCUT2D eigenvalue weighted by Gasteiger charge is 2.37.